The number of rotatable bonds is 2. The maximum atomic E-state index is 5.18. The molecule has 0 radical (unpaired) electrons. The molecule has 0 amide bonds. The molecule has 0 fully saturated rings. The molecule has 0 saturated heterocycles. The quantitative estimate of drug-likeness (QED) is 0.586. The second-order valence-electron chi connectivity index (χ2n) is 2.93. The molecule has 60 valence electrons. The Kier molecular flexibility index (Phi) is 2.85. The normalized spacial score (nSPS) is 11.2. The van der Waals surface area contributed by atoms with E-state index in [1.165, 1.54) is 16.3 Å². The van der Waals surface area contributed by atoms with Crippen LogP contribution in [0.15, 0.2) is 18.2 Å². The topological polar surface area (TPSA) is 9.23 Å². The summed E-state index contributed by atoms with van der Waals surface area (Å²) in [5.41, 5.74) is 2.68. The standard InChI is InChI=1S/C9H14OSi/c1-7-4-8(2)6-9(5-7)11-10-3/h4-6H,11H2,1-3H3. The average molecular weight is 166 g/mol. The molecule has 11 heavy (non-hydrogen) atoms. The third-order valence-electron chi connectivity index (χ3n) is 1.59. The van der Waals surface area contributed by atoms with Crippen molar-refractivity contribution in [1.82, 2.24) is 0 Å². The summed E-state index contributed by atoms with van der Waals surface area (Å²) in [4.78, 5) is 0. The number of benzene rings is 1. The van der Waals surface area contributed by atoms with Crippen molar-refractivity contribution in [2.24, 2.45) is 0 Å². The first-order chi connectivity index (χ1) is 5.22. The van der Waals surface area contributed by atoms with E-state index < -0.39 is 9.76 Å². The first kappa shape index (κ1) is 8.49. The van der Waals surface area contributed by atoms with E-state index in [4.69, 9.17) is 4.43 Å². The van der Waals surface area contributed by atoms with Crippen molar-refractivity contribution in [1.29, 1.82) is 0 Å². The lowest BCUT2D eigenvalue weighted by atomic mass is 10.2. The van der Waals surface area contributed by atoms with Gasteiger partial charge in [0.1, 0.15) is 0 Å². The second-order valence-corrected chi connectivity index (χ2v) is 4.61. The lowest BCUT2D eigenvalue weighted by Gasteiger charge is -2.01. The van der Waals surface area contributed by atoms with Gasteiger partial charge < -0.3 is 4.43 Å². The van der Waals surface area contributed by atoms with Gasteiger partial charge in [0.15, 0.2) is 9.76 Å². The van der Waals surface area contributed by atoms with Crippen molar-refractivity contribution in [3.05, 3.63) is 29.3 Å². The van der Waals surface area contributed by atoms with Crippen molar-refractivity contribution in [2.45, 2.75) is 13.8 Å². The van der Waals surface area contributed by atoms with Crippen LogP contribution in [0.1, 0.15) is 11.1 Å². The van der Waals surface area contributed by atoms with Crippen molar-refractivity contribution in [3.63, 3.8) is 0 Å². The average Bonchev–Trinajstić information content (AvgIpc) is 1.85. The molecule has 0 N–H and O–H groups in total. The predicted octanol–water partition coefficient (Wildman–Crippen LogP) is 0.659. The molecule has 0 aliphatic rings. The van der Waals surface area contributed by atoms with Gasteiger partial charge in [-0.25, -0.2) is 0 Å². The van der Waals surface area contributed by atoms with Crippen molar-refractivity contribution >= 4 is 14.9 Å². The van der Waals surface area contributed by atoms with Crippen LogP contribution in [0.3, 0.4) is 0 Å². The molecule has 0 saturated carbocycles. The zero-order valence-electron chi connectivity index (χ0n) is 7.35. The van der Waals surface area contributed by atoms with E-state index in [0.717, 1.165) is 0 Å². The van der Waals surface area contributed by atoms with Crippen molar-refractivity contribution in [3.8, 4) is 0 Å². The minimum atomic E-state index is -0.444. The lowest BCUT2D eigenvalue weighted by Crippen LogP contribution is -2.16. The van der Waals surface area contributed by atoms with Crippen LogP contribution in [0, 0.1) is 13.8 Å². The molecule has 0 aliphatic carbocycles. The molecule has 1 nitrogen and oxygen atoms in total. The van der Waals surface area contributed by atoms with E-state index in [9.17, 15) is 0 Å². The molecule has 0 atom stereocenters. The van der Waals surface area contributed by atoms with Gasteiger partial charge in [-0.3, -0.25) is 0 Å². The maximum absolute atomic E-state index is 5.18. The maximum Gasteiger partial charge on any atom is 0.191 e. The van der Waals surface area contributed by atoms with Crippen LogP contribution in [-0.2, 0) is 4.43 Å². The summed E-state index contributed by atoms with van der Waals surface area (Å²) >= 11 is 0. The fourth-order valence-electron chi connectivity index (χ4n) is 1.32. The first-order valence-electron chi connectivity index (χ1n) is 3.78. The minimum absolute atomic E-state index is 0.444. The monoisotopic (exact) mass is 166 g/mol. The van der Waals surface area contributed by atoms with E-state index in [0.29, 0.717) is 0 Å². The van der Waals surface area contributed by atoms with Crippen molar-refractivity contribution < 1.29 is 4.43 Å². The van der Waals surface area contributed by atoms with Gasteiger partial charge in [0.25, 0.3) is 0 Å². The first-order valence-corrected chi connectivity index (χ1v) is 5.07. The molecular formula is C9H14OSi. The zero-order valence-corrected chi connectivity index (χ0v) is 8.76. The van der Waals surface area contributed by atoms with E-state index >= 15 is 0 Å². The van der Waals surface area contributed by atoms with Gasteiger partial charge >= 0.3 is 0 Å². The summed E-state index contributed by atoms with van der Waals surface area (Å²) in [6, 6.07) is 6.61. The second kappa shape index (κ2) is 3.69. The predicted molar refractivity (Wildman–Crippen MR) is 51.1 cm³/mol. The highest BCUT2D eigenvalue weighted by Gasteiger charge is 1.94. The molecule has 1 aromatic rings. The van der Waals surface area contributed by atoms with E-state index in [2.05, 4.69) is 32.0 Å². The van der Waals surface area contributed by atoms with Gasteiger partial charge in [-0.1, -0.05) is 29.3 Å². The van der Waals surface area contributed by atoms with Crippen LogP contribution in [0.2, 0.25) is 0 Å². The summed E-state index contributed by atoms with van der Waals surface area (Å²) in [6.07, 6.45) is 0. The van der Waals surface area contributed by atoms with Crippen molar-refractivity contribution in [2.75, 3.05) is 7.11 Å². The number of aryl methyl sites for hydroxylation is 2. The van der Waals surface area contributed by atoms with Crippen LogP contribution >= 0.6 is 0 Å². The fraction of sp³-hybridized carbons (Fsp3) is 0.333. The number of hydrogen-bond acceptors (Lipinski definition) is 1. The highest BCUT2D eigenvalue weighted by molar-refractivity contribution is 6.46. The van der Waals surface area contributed by atoms with Crippen LogP contribution in [0.5, 0.6) is 0 Å². The van der Waals surface area contributed by atoms with Crippen LogP contribution in [0.4, 0.5) is 0 Å². The number of hydrogen-bond donors (Lipinski definition) is 0. The molecule has 0 spiro atoms. The minimum Gasteiger partial charge on any atom is -0.422 e. The van der Waals surface area contributed by atoms with Crippen LogP contribution in [0.25, 0.3) is 0 Å². The molecule has 1 aromatic carbocycles. The highest BCUT2D eigenvalue weighted by Crippen LogP contribution is 1.99. The third-order valence-corrected chi connectivity index (χ3v) is 2.62. The van der Waals surface area contributed by atoms with Crippen LogP contribution in [-0.4, -0.2) is 16.9 Å². The van der Waals surface area contributed by atoms with E-state index in [-0.39, 0.29) is 0 Å². The Morgan fingerprint density at radius 3 is 2.09 bits per heavy atom. The summed E-state index contributed by atoms with van der Waals surface area (Å²) in [6.45, 7) is 4.25. The molecule has 0 heterocycles. The summed E-state index contributed by atoms with van der Waals surface area (Å²) in [5.74, 6) is 0. The molecular weight excluding hydrogens is 152 g/mol. The third kappa shape index (κ3) is 2.48. The molecule has 0 aliphatic heterocycles. The fourth-order valence-corrected chi connectivity index (χ4v) is 2.46. The van der Waals surface area contributed by atoms with E-state index in [1.807, 2.05) is 0 Å². The van der Waals surface area contributed by atoms with E-state index in [1.54, 1.807) is 7.11 Å². The Morgan fingerprint density at radius 1 is 1.09 bits per heavy atom. The largest absolute Gasteiger partial charge is 0.422 e. The Morgan fingerprint density at radius 2 is 1.64 bits per heavy atom. The Labute approximate surface area is 70.3 Å². The van der Waals surface area contributed by atoms with Crippen LogP contribution < -0.4 is 5.19 Å². The van der Waals surface area contributed by atoms with Gasteiger partial charge in [0.05, 0.1) is 0 Å². The highest BCUT2D eigenvalue weighted by atomic mass is 28.2. The zero-order chi connectivity index (χ0) is 8.27. The molecule has 1 rings (SSSR count). The van der Waals surface area contributed by atoms with Gasteiger partial charge in [-0.05, 0) is 19.0 Å². The smallest absolute Gasteiger partial charge is 0.191 e. The summed E-state index contributed by atoms with van der Waals surface area (Å²) < 4.78 is 5.18. The summed E-state index contributed by atoms with van der Waals surface area (Å²) in [7, 11) is 1.34. The van der Waals surface area contributed by atoms with Gasteiger partial charge in [-0.2, -0.15) is 0 Å². The SMILES string of the molecule is CO[SiH2]c1cc(C)cc(C)c1. The molecule has 2 heteroatoms. The van der Waals surface area contributed by atoms with Gasteiger partial charge in [0.2, 0.25) is 0 Å². The lowest BCUT2D eigenvalue weighted by molar-refractivity contribution is 0.450. The molecule has 0 aromatic heterocycles. The summed E-state index contributed by atoms with van der Waals surface area (Å²) in [5, 5.41) is 1.39. The molecule has 0 unspecified atom stereocenters. The Bertz CT molecular complexity index is 225. The Balaban J connectivity index is 2.89. The molecule has 0 bridgehead atoms. The van der Waals surface area contributed by atoms with Gasteiger partial charge in [0, 0.05) is 7.11 Å². The Hall–Kier alpha value is -0.603. The van der Waals surface area contributed by atoms with Gasteiger partial charge in [-0.15, -0.1) is 0 Å².